The van der Waals surface area contributed by atoms with E-state index >= 15 is 0 Å². The van der Waals surface area contributed by atoms with Crippen molar-refractivity contribution in [2.75, 3.05) is 12.9 Å². The highest BCUT2D eigenvalue weighted by Gasteiger charge is 2.19. The molecule has 1 N–H and O–H groups in total. The monoisotopic (exact) mass is 283 g/mol. The minimum absolute atomic E-state index is 0.199. The van der Waals surface area contributed by atoms with Crippen molar-refractivity contribution < 1.29 is 14.6 Å². The fraction of sp³-hybridized carbons (Fsp3) is 0.571. The Hall–Kier alpha value is -1.07. The summed E-state index contributed by atoms with van der Waals surface area (Å²) in [4.78, 5) is 15.6. The zero-order valence-electron chi connectivity index (χ0n) is 12.1. The first kappa shape index (κ1) is 16.0. The highest BCUT2D eigenvalue weighted by molar-refractivity contribution is 7.99. The van der Waals surface area contributed by atoms with E-state index in [4.69, 9.17) is 4.74 Å². The van der Waals surface area contributed by atoms with Gasteiger partial charge in [-0.1, -0.05) is 0 Å². The van der Waals surface area contributed by atoms with Crippen LogP contribution in [0.25, 0.3) is 0 Å². The number of carbonyl (C=O) groups is 1. The second-order valence-electron chi connectivity index (χ2n) is 5.13. The number of hydrogen-bond donors (Lipinski definition) is 1. The first-order chi connectivity index (χ1) is 8.76. The summed E-state index contributed by atoms with van der Waals surface area (Å²) in [7, 11) is 1.68. The van der Waals surface area contributed by atoms with Crippen LogP contribution in [0.15, 0.2) is 11.1 Å². The molecule has 0 radical (unpaired) electrons. The van der Waals surface area contributed by atoms with Gasteiger partial charge in [0.15, 0.2) is 0 Å². The molecule has 19 heavy (non-hydrogen) atoms. The summed E-state index contributed by atoms with van der Waals surface area (Å²) in [5, 5.41) is 9.86. The number of aromatic carboxylic acids is 1. The van der Waals surface area contributed by atoms with Crippen molar-refractivity contribution in [3.8, 4) is 0 Å². The van der Waals surface area contributed by atoms with Gasteiger partial charge in [-0.3, -0.25) is 0 Å². The maximum absolute atomic E-state index is 11.3. The minimum atomic E-state index is -0.918. The van der Waals surface area contributed by atoms with Crippen LogP contribution in [-0.4, -0.2) is 34.5 Å². The zero-order valence-corrected chi connectivity index (χ0v) is 12.9. The number of aryl methyl sites for hydroxylation is 2. The van der Waals surface area contributed by atoms with Crippen LogP contribution in [0.5, 0.6) is 0 Å². The van der Waals surface area contributed by atoms with Crippen LogP contribution < -0.4 is 0 Å². The average molecular weight is 283 g/mol. The fourth-order valence-electron chi connectivity index (χ4n) is 1.66. The number of nitrogens with zero attached hydrogens (tertiary/aromatic N) is 1. The van der Waals surface area contributed by atoms with Crippen LogP contribution in [0.3, 0.4) is 0 Å². The highest BCUT2D eigenvalue weighted by Crippen LogP contribution is 2.27. The van der Waals surface area contributed by atoms with Gasteiger partial charge in [0.1, 0.15) is 5.03 Å². The number of rotatable bonds is 6. The standard InChI is InChI=1S/C14H21NO3S/c1-9-8-10(2)15-12(11(9)13(16)17)19-7-6-14(3,4)18-5/h8H,6-7H2,1-5H3,(H,16,17). The SMILES string of the molecule is COC(C)(C)CCSc1nc(C)cc(C)c1C(=O)O. The van der Waals surface area contributed by atoms with Crippen molar-refractivity contribution in [2.24, 2.45) is 0 Å². The molecule has 0 fully saturated rings. The van der Waals surface area contributed by atoms with Gasteiger partial charge in [0.2, 0.25) is 0 Å². The van der Waals surface area contributed by atoms with Gasteiger partial charge in [0, 0.05) is 18.6 Å². The van der Waals surface area contributed by atoms with Crippen LogP contribution >= 0.6 is 11.8 Å². The molecule has 0 bridgehead atoms. The van der Waals surface area contributed by atoms with Crippen LogP contribution in [-0.2, 0) is 4.74 Å². The molecule has 1 aromatic heterocycles. The third-order valence-electron chi connectivity index (χ3n) is 3.02. The molecule has 0 unspecified atom stereocenters. The third-order valence-corrected chi connectivity index (χ3v) is 4.00. The first-order valence-corrected chi connectivity index (χ1v) is 7.15. The zero-order chi connectivity index (χ0) is 14.6. The molecule has 4 nitrogen and oxygen atoms in total. The molecule has 106 valence electrons. The Labute approximate surface area is 118 Å². The number of aromatic nitrogens is 1. The Morgan fingerprint density at radius 2 is 2.11 bits per heavy atom. The van der Waals surface area contributed by atoms with Gasteiger partial charge in [-0.05, 0) is 45.7 Å². The lowest BCUT2D eigenvalue weighted by atomic mass is 10.1. The van der Waals surface area contributed by atoms with E-state index in [1.807, 2.05) is 20.8 Å². The molecule has 0 aliphatic rings. The van der Waals surface area contributed by atoms with Crippen molar-refractivity contribution in [3.05, 3.63) is 22.9 Å². The van der Waals surface area contributed by atoms with Crippen LogP contribution in [0.1, 0.15) is 41.9 Å². The smallest absolute Gasteiger partial charge is 0.338 e. The number of pyridine rings is 1. The second-order valence-corrected chi connectivity index (χ2v) is 6.21. The van der Waals surface area contributed by atoms with E-state index in [9.17, 15) is 9.90 Å². The molecule has 0 saturated carbocycles. The van der Waals surface area contributed by atoms with E-state index in [1.165, 1.54) is 11.8 Å². The minimum Gasteiger partial charge on any atom is -0.478 e. The summed E-state index contributed by atoms with van der Waals surface area (Å²) < 4.78 is 5.35. The van der Waals surface area contributed by atoms with Crippen molar-refractivity contribution in [1.82, 2.24) is 4.98 Å². The Balaban J connectivity index is 2.86. The maximum Gasteiger partial charge on any atom is 0.338 e. The largest absolute Gasteiger partial charge is 0.478 e. The predicted octanol–water partition coefficient (Wildman–Crippen LogP) is 3.30. The molecule has 1 rings (SSSR count). The van der Waals surface area contributed by atoms with E-state index in [2.05, 4.69) is 4.98 Å². The molecule has 0 amide bonds. The van der Waals surface area contributed by atoms with E-state index in [-0.39, 0.29) is 5.60 Å². The molecule has 0 atom stereocenters. The van der Waals surface area contributed by atoms with Gasteiger partial charge in [-0.2, -0.15) is 0 Å². The molecule has 0 aromatic carbocycles. The lowest BCUT2D eigenvalue weighted by Crippen LogP contribution is -2.23. The number of hydrogen-bond acceptors (Lipinski definition) is 4. The topological polar surface area (TPSA) is 59.4 Å². The van der Waals surface area contributed by atoms with E-state index in [1.54, 1.807) is 20.1 Å². The number of carboxylic acids is 1. The number of carboxylic acid groups (broad SMARTS) is 1. The Kier molecular flexibility index (Phi) is 5.38. The third kappa shape index (κ3) is 4.51. The quantitative estimate of drug-likeness (QED) is 0.812. The van der Waals surface area contributed by atoms with Gasteiger partial charge in [-0.25, -0.2) is 9.78 Å². The maximum atomic E-state index is 11.3. The van der Waals surface area contributed by atoms with E-state index in [0.717, 1.165) is 23.4 Å². The van der Waals surface area contributed by atoms with Crippen molar-refractivity contribution in [3.63, 3.8) is 0 Å². The molecular weight excluding hydrogens is 262 g/mol. The lowest BCUT2D eigenvalue weighted by Gasteiger charge is -2.22. The molecule has 5 heteroatoms. The Morgan fingerprint density at radius 3 is 2.63 bits per heavy atom. The van der Waals surface area contributed by atoms with Crippen molar-refractivity contribution in [1.29, 1.82) is 0 Å². The second kappa shape index (κ2) is 6.39. The van der Waals surface area contributed by atoms with Gasteiger partial charge in [0.25, 0.3) is 0 Å². The van der Waals surface area contributed by atoms with Gasteiger partial charge in [-0.15, -0.1) is 11.8 Å². The number of methoxy groups -OCH3 is 1. The van der Waals surface area contributed by atoms with Crippen molar-refractivity contribution in [2.45, 2.75) is 44.7 Å². The van der Waals surface area contributed by atoms with Crippen LogP contribution in [0.2, 0.25) is 0 Å². The van der Waals surface area contributed by atoms with Gasteiger partial charge < -0.3 is 9.84 Å². The number of ether oxygens (including phenoxy) is 1. The van der Waals surface area contributed by atoms with Crippen LogP contribution in [0.4, 0.5) is 0 Å². The summed E-state index contributed by atoms with van der Waals surface area (Å²) in [6.45, 7) is 7.71. The molecule has 0 aliphatic heterocycles. The molecule has 0 saturated heterocycles. The Bertz CT molecular complexity index is 472. The molecule has 0 spiro atoms. The summed E-state index contributed by atoms with van der Waals surface area (Å²) in [6.07, 6.45) is 0.835. The normalized spacial score (nSPS) is 11.6. The highest BCUT2D eigenvalue weighted by atomic mass is 32.2. The van der Waals surface area contributed by atoms with E-state index in [0.29, 0.717) is 10.6 Å². The molecule has 1 aromatic rings. The van der Waals surface area contributed by atoms with Gasteiger partial charge >= 0.3 is 5.97 Å². The lowest BCUT2D eigenvalue weighted by molar-refractivity contribution is 0.0206. The number of thioether (sulfide) groups is 1. The van der Waals surface area contributed by atoms with Crippen molar-refractivity contribution >= 4 is 17.7 Å². The van der Waals surface area contributed by atoms with Crippen LogP contribution in [0, 0.1) is 13.8 Å². The summed E-state index contributed by atoms with van der Waals surface area (Å²) in [5.74, 6) is -0.143. The molecule has 0 aliphatic carbocycles. The Morgan fingerprint density at radius 1 is 1.47 bits per heavy atom. The summed E-state index contributed by atoms with van der Waals surface area (Å²) in [6, 6.07) is 1.80. The summed E-state index contributed by atoms with van der Waals surface area (Å²) in [5.41, 5.74) is 1.71. The molecular formula is C14H21NO3S. The first-order valence-electron chi connectivity index (χ1n) is 6.16. The average Bonchev–Trinajstić information content (AvgIpc) is 2.27. The molecule has 1 heterocycles. The fourth-order valence-corrected chi connectivity index (χ4v) is 3.05. The predicted molar refractivity (Wildman–Crippen MR) is 77.1 cm³/mol. The summed E-state index contributed by atoms with van der Waals surface area (Å²) >= 11 is 1.47. The van der Waals surface area contributed by atoms with E-state index < -0.39 is 5.97 Å². The van der Waals surface area contributed by atoms with Gasteiger partial charge in [0.05, 0.1) is 11.2 Å².